The van der Waals surface area contributed by atoms with E-state index in [1.165, 1.54) is 12.1 Å². The monoisotopic (exact) mass is 368 g/mol. The molecule has 2 rings (SSSR count). The van der Waals surface area contributed by atoms with E-state index in [2.05, 4.69) is 10.1 Å². The Morgan fingerprint density at radius 1 is 1.15 bits per heavy atom. The molecule has 0 radical (unpaired) electrons. The van der Waals surface area contributed by atoms with E-state index in [-0.39, 0.29) is 24.7 Å². The normalized spacial score (nSPS) is 12.7. The van der Waals surface area contributed by atoms with Crippen LogP contribution in [0.25, 0.3) is 0 Å². The Bertz CT molecular complexity index is 706. The first kappa shape index (κ1) is 19.7. The predicted octanol–water partition coefficient (Wildman–Crippen LogP) is 3.19. The van der Waals surface area contributed by atoms with Gasteiger partial charge in [0.05, 0.1) is 12.6 Å². The summed E-state index contributed by atoms with van der Waals surface area (Å²) in [6, 6.07) is 13.9. The molecule has 0 aliphatic heterocycles. The number of halogens is 3. The number of aliphatic hydroxyl groups is 1. The standard InChI is InChI=1S/C18H19F3N2O3/c1-23(11-16(24)13-5-3-2-4-6-13)12-17(25)22-14-7-9-15(10-8-14)26-18(19,20)21/h2-10,16,24H,11-12H2,1H3,(H,22,25)/t16-/m0/s1. The van der Waals surface area contributed by atoms with Crippen LogP contribution in [0.5, 0.6) is 5.75 Å². The summed E-state index contributed by atoms with van der Waals surface area (Å²) < 4.78 is 40.1. The van der Waals surface area contributed by atoms with Crippen molar-refractivity contribution < 1.29 is 27.8 Å². The number of benzene rings is 2. The summed E-state index contributed by atoms with van der Waals surface area (Å²) in [5, 5.41) is 12.7. The molecule has 5 nitrogen and oxygen atoms in total. The molecule has 0 bridgehead atoms. The fraction of sp³-hybridized carbons (Fsp3) is 0.278. The summed E-state index contributed by atoms with van der Waals surface area (Å²) in [6.45, 7) is 0.278. The Balaban J connectivity index is 1.82. The Kier molecular flexibility index (Phi) is 6.59. The number of hydrogen-bond donors (Lipinski definition) is 2. The van der Waals surface area contributed by atoms with Gasteiger partial charge in [0, 0.05) is 12.2 Å². The fourth-order valence-electron chi connectivity index (χ4n) is 2.33. The highest BCUT2D eigenvalue weighted by Gasteiger charge is 2.30. The average Bonchev–Trinajstić information content (AvgIpc) is 2.56. The first-order valence-corrected chi connectivity index (χ1v) is 7.80. The Morgan fingerprint density at radius 3 is 2.35 bits per heavy atom. The van der Waals surface area contributed by atoms with Crippen molar-refractivity contribution in [3.8, 4) is 5.75 Å². The van der Waals surface area contributed by atoms with Gasteiger partial charge in [0.1, 0.15) is 5.75 Å². The van der Waals surface area contributed by atoms with Gasteiger partial charge in [0.15, 0.2) is 0 Å². The molecule has 0 aliphatic rings. The summed E-state index contributed by atoms with van der Waals surface area (Å²) >= 11 is 0. The number of anilines is 1. The molecule has 26 heavy (non-hydrogen) atoms. The molecule has 140 valence electrons. The third-order valence-corrected chi connectivity index (χ3v) is 3.45. The smallest absolute Gasteiger partial charge is 0.406 e. The van der Waals surface area contributed by atoms with Gasteiger partial charge < -0.3 is 15.2 Å². The average molecular weight is 368 g/mol. The van der Waals surface area contributed by atoms with Gasteiger partial charge in [-0.1, -0.05) is 30.3 Å². The van der Waals surface area contributed by atoms with Crippen LogP contribution in [0.2, 0.25) is 0 Å². The SMILES string of the molecule is CN(CC(=O)Nc1ccc(OC(F)(F)F)cc1)C[C@H](O)c1ccccc1. The van der Waals surface area contributed by atoms with Crippen molar-refractivity contribution >= 4 is 11.6 Å². The lowest BCUT2D eigenvalue weighted by Crippen LogP contribution is -2.33. The minimum Gasteiger partial charge on any atom is -0.406 e. The predicted molar refractivity (Wildman–Crippen MR) is 90.7 cm³/mol. The number of aliphatic hydroxyl groups excluding tert-OH is 1. The van der Waals surface area contributed by atoms with Gasteiger partial charge in [-0.05, 0) is 36.9 Å². The van der Waals surface area contributed by atoms with E-state index in [9.17, 15) is 23.1 Å². The van der Waals surface area contributed by atoms with Crippen LogP contribution in [-0.2, 0) is 4.79 Å². The molecule has 2 N–H and O–H groups in total. The lowest BCUT2D eigenvalue weighted by molar-refractivity contribution is -0.274. The van der Waals surface area contributed by atoms with Gasteiger partial charge in [-0.25, -0.2) is 0 Å². The second-order valence-corrected chi connectivity index (χ2v) is 5.74. The first-order chi connectivity index (χ1) is 12.2. The van der Waals surface area contributed by atoms with Crippen LogP contribution in [0.3, 0.4) is 0 Å². The van der Waals surface area contributed by atoms with Crippen molar-refractivity contribution in [1.82, 2.24) is 4.90 Å². The van der Waals surface area contributed by atoms with E-state index < -0.39 is 12.5 Å². The minimum absolute atomic E-state index is 0.0185. The largest absolute Gasteiger partial charge is 0.573 e. The van der Waals surface area contributed by atoms with Crippen LogP contribution >= 0.6 is 0 Å². The van der Waals surface area contributed by atoms with Gasteiger partial charge in [-0.3, -0.25) is 9.69 Å². The van der Waals surface area contributed by atoms with Crippen LogP contribution in [0.15, 0.2) is 54.6 Å². The molecule has 0 fully saturated rings. The summed E-state index contributed by atoms with van der Waals surface area (Å²) in [4.78, 5) is 13.7. The van der Waals surface area contributed by atoms with Crippen molar-refractivity contribution in [1.29, 1.82) is 0 Å². The first-order valence-electron chi connectivity index (χ1n) is 7.80. The zero-order valence-corrected chi connectivity index (χ0v) is 14.0. The van der Waals surface area contributed by atoms with Crippen molar-refractivity contribution in [3.05, 3.63) is 60.2 Å². The van der Waals surface area contributed by atoms with Gasteiger partial charge in [-0.2, -0.15) is 0 Å². The molecular formula is C18H19F3N2O3. The zero-order valence-electron chi connectivity index (χ0n) is 14.0. The number of nitrogens with zero attached hydrogens (tertiary/aromatic N) is 1. The van der Waals surface area contributed by atoms with E-state index in [1.807, 2.05) is 18.2 Å². The molecule has 0 spiro atoms. The fourth-order valence-corrected chi connectivity index (χ4v) is 2.33. The summed E-state index contributed by atoms with van der Waals surface area (Å²) in [7, 11) is 1.69. The summed E-state index contributed by atoms with van der Waals surface area (Å²) in [5.41, 5.74) is 1.10. The number of rotatable bonds is 7. The minimum atomic E-state index is -4.76. The van der Waals surface area contributed by atoms with Crippen LogP contribution in [-0.4, -0.2) is 42.4 Å². The molecule has 8 heteroatoms. The highest BCUT2D eigenvalue weighted by molar-refractivity contribution is 5.92. The molecule has 2 aromatic rings. The molecule has 0 unspecified atom stereocenters. The Hall–Kier alpha value is -2.58. The number of hydrogen-bond acceptors (Lipinski definition) is 4. The van der Waals surface area contributed by atoms with Gasteiger partial charge >= 0.3 is 6.36 Å². The summed E-state index contributed by atoms with van der Waals surface area (Å²) in [5.74, 6) is -0.712. The van der Waals surface area contributed by atoms with Crippen LogP contribution in [0.4, 0.5) is 18.9 Å². The molecule has 0 aliphatic carbocycles. The van der Waals surface area contributed by atoms with E-state index in [1.54, 1.807) is 24.1 Å². The van der Waals surface area contributed by atoms with E-state index >= 15 is 0 Å². The molecule has 1 amide bonds. The highest BCUT2D eigenvalue weighted by atomic mass is 19.4. The molecule has 0 saturated carbocycles. The number of nitrogens with one attached hydrogen (secondary N) is 1. The van der Waals surface area contributed by atoms with Crippen molar-refractivity contribution in [2.24, 2.45) is 0 Å². The third kappa shape index (κ3) is 6.73. The van der Waals surface area contributed by atoms with E-state index in [0.717, 1.165) is 17.7 Å². The van der Waals surface area contributed by atoms with Gasteiger partial charge in [0.25, 0.3) is 0 Å². The number of carbonyl (C=O) groups is 1. The quantitative estimate of drug-likeness (QED) is 0.788. The van der Waals surface area contributed by atoms with Crippen molar-refractivity contribution in [2.45, 2.75) is 12.5 Å². The maximum Gasteiger partial charge on any atom is 0.573 e. The molecular weight excluding hydrogens is 349 g/mol. The number of likely N-dealkylation sites (N-methyl/N-ethyl adjacent to an activating group) is 1. The number of amides is 1. The third-order valence-electron chi connectivity index (χ3n) is 3.45. The number of alkyl halides is 3. The topological polar surface area (TPSA) is 61.8 Å². The van der Waals surface area contributed by atoms with Crippen molar-refractivity contribution in [3.63, 3.8) is 0 Å². The van der Waals surface area contributed by atoms with Gasteiger partial charge in [0.2, 0.25) is 5.91 Å². The van der Waals surface area contributed by atoms with Crippen molar-refractivity contribution in [2.75, 3.05) is 25.5 Å². The Morgan fingerprint density at radius 2 is 1.77 bits per heavy atom. The van der Waals surface area contributed by atoms with E-state index in [0.29, 0.717) is 5.69 Å². The summed E-state index contributed by atoms with van der Waals surface area (Å²) in [6.07, 6.45) is -5.49. The molecule has 2 aromatic carbocycles. The number of ether oxygens (including phenoxy) is 1. The molecule has 0 aromatic heterocycles. The van der Waals surface area contributed by atoms with Crippen LogP contribution < -0.4 is 10.1 Å². The Labute approximate surface area is 149 Å². The lowest BCUT2D eigenvalue weighted by atomic mass is 10.1. The zero-order chi connectivity index (χ0) is 19.2. The van der Waals surface area contributed by atoms with Gasteiger partial charge in [-0.15, -0.1) is 13.2 Å². The van der Waals surface area contributed by atoms with Crippen LogP contribution in [0.1, 0.15) is 11.7 Å². The highest BCUT2D eigenvalue weighted by Crippen LogP contribution is 2.24. The lowest BCUT2D eigenvalue weighted by Gasteiger charge is -2.20. The molecule has 1 atom stereocenters. The molecule has 0 saturated heterocycles. The van der Waals surface area contributed by atoms with Crippen LogP contribution in [0, 0.1) is 0 Å². The van der Waals surface area contributed by atoms with E-state index in [4.69, 9.17) is 0 Å². The second kappa shape index (κ2) is 8.68. The second-order valence-electron chi connectivity index (χ2n) is 5.74. The maximum absolute atomic E-state index is 12.1. The maximum atomic E-state index is 12.1. The molecule has 0 heterocycles. The number of carbonyl (C=O) groups excluding carboxylic acids is 1.